The number of hydrogen-bond donors (Lipinski definition) is 3. The van der Waals surface area contributed by atoms with Gasteiger partial charge in [-0.05, 0) is 12.0 Å². The molecule has 1 atom stereocenters. The molecule has 0 aliphatic carbocycles. The number of hydrogen-bond acceptors (Lipinski definition) is 3. The van der Waals surface area contributed by atoms with Crippen LogP contribution >= 0.6 is 0 Å². The Bertz CT molecular complexity index is 230. The van der Waals surface area contributed by atoms with E-state index >= 15 is 0 Å². The Labute approximate surface area is 85.3 Å². The molecule has 1 aromatic rings. The van der Waals surface area contributed by atoms with Gasteiger partial charge in [0.05, 0.1) is 0 Å². The molecule has 0 amide bonds. The maximum absolute atomic E-state index is 5.65. The number of aromatic amines is 1. The van der Waals surface area contributed by atoms with Gasteiger partial charge in [-0.2, -0.15) is 5.10 Å². The predicted octanol–water partition coefficient (Wildman–Crippen LogP) is 0.525. The summed E-state index contributed by atoms with van der Waals surface area (Å²) in [7, 11) is 0. The average Bonchev–Trinajstić information content (AvgIpc) is 2.64. The SMILES string of the molecule is CC(C)C(CN)NCCc1ccn[nH]1. The molecule has 0 radical (unpaired) electrons. The summed E-state index contributed by atoms with van der Waals surface area (Å²) in [6.45, 7) is 6.00. The molecule has 80 valence electrons. The van der Waals surface area contributed by atoms with Crippen LogP contribution in [0, 0.1) is 5.92 Å². The fourth-order valence-electron chi connectivity index (χ4n) is 1.41. The lowest BCUT2D eigenvalue weighted by Crippen LogP contribution is -2.41. The van der Waals surface area contributed by atoms with Gasteiger partial charge in [-0.15, -0.1) is 0 Å². The minimum absolute atomic E-state index is 0.415. The molecule has 4 heteroatoms. The first kappa shape index (κ1) is 11.2. The van der Waals surface area contributed by atoms with Crippen LogP contribution in [0.3, 0.4) is 0 Å². The summed E-state index contributed by atoms with van der Waals surface area (Å²) in [4.78, 5) is 0. The average molecular weight is 196 g/mol. The van der Waals surface area contributed by atoms with E-state index in [0.717, 1.165) is 18.7 Å². The zero-order chi connectivity index (χ0) is 10.4. The molecule has 4 N–H and O–H groups in total. The van der Waals surface area contributed by atoms with Gasteiger partial charge in [0, 0.05) is 37.4 Å². The molecule has 0 aliphatic heterocycles. The molecule has 4 nitrogen and oxygen atoms in total. The van der Waals surface area contributed by atoms with Crippen LogP contribution in [0.4, 0.5) is 0 Å². The van der Waals surface area contributed by atoms with Crippen molar-refractivity contribution in [3.05, 3.63) is 18.0 Å². The second-order valence-corrected chi connectivity index (χ2v) is 3.87. The molecule has 0 aromatic carbocycles. The molecular weight excluding hydrogens is 176 g/mol. The molecule has 14 heavy (non-hydrogen) atoms. The van der Waals surface area contributed by atoms with Crippen LogP contribution in [-0.2, 0) is 6.42 Å². The Balaban J connectivity index is 2.20. The highest BCUT2D eigenvalue weighted by molar-refractivity contribution is 4.97. The van der Waals surface area contributed by atoms with Crippen LogP contribution in [-0.4, -0.2) is 29.3 Å². The summed E-state index contributed by atoms with van der Waals surface area (Å²) in [6, 6.07) is 2.41. The Hall–Kier alpha value is -0.870. The van der Waals surface area contributed by atoms with Crippen molar-refractivity contribution in [1.82, 2.24) is 15.5 Å². The quantitative estimate of drug-likeness (QED) is 0.621. The van der Waals surface area contributed by atoms with E-state index in [9.17, 15) is 0 Å². The lowest BCUT2D eigenvalue weighted by Gasteiger charge is -2.20. The maximum atomic E-state index is 5.65. The van der Waals surface area contributed by atoms with Crippen molar-refractivity contribution in [2.24, 2.45) is 11.7 Å². The zero-order valence-corrected chi connectivity index (χ0v) is 8.96. The number of aromatic nitrogens is 2. The van der Waals surface area contributed by atoms with E-state index in [-0.39, 0.29) is 0 Å². The monoisotopic (exact) mass is 196 g/mol. The fourth-order valence-corrected chi connectivity index (χ4v) is 1.41. The Morgan fingerprint density at radius 1 is 1.57 bits per heavy atom. The number of nitrogens with one attached hydrogen (secondary N) is 2. The van der Waals surface area contributed by atoms with Crippen molar-refractivity contribution in [1.29, 1.82) is 0 Å². The van der Waals surface area contributed by atoms with E-state index in [1.165, 1.54) is 0 Å². The van der Waals surface area contributed by atoms with Gasteiger partial charge in [0.15, 0.2) is 0 Å². The summed E-state index contributed by atoms with van der Waals surface area (Å²) in [5.41, 5.74) is 6.81. The standard InChI is InChI=1S/C10H20N4/c1-8(2)10(7-11)12-5-3-9-4-6-13-14-9/h4,6,8,10,12H,3,5,7,11H2,1-2H3,(H,13,14). The second kappa shape index (κ2) is 5.78. The van der Waals surface area contributed by atoms with Crippen LogP contribution in [0.15, 0.2) is 12.3 Å². The third kappa shape index (κ3) is 3.47. The van der Waals surface area contributed by atoms with Crippen molar-refractivity contribution < 1.29 is 0 Å². The topological polar surface area (TPSA) is 66.7 Å². The molecule has 0 saturated heterocycles. The van der Waals surface area contributed by atoms with Crippen molar-refractivity contribution in [3.63, 3.8) is 0 Å². The van der Waals surface area contributed by atoms with E-state index in [1.807, 2.05) is 6.07 Å². The molecule has 0 fully saturated rings. The molecule has 0 saturated carbocycles. The van der Waals surface area contributed by atoms with Crippen LogP contribution < -0.4 is 11.1 Å². The molecule has 1 rings (SSSR count). The summed E-state index contributed by atoms with van der Waals surface area (Å²) >= 11 is 0. The first-order chi connectivity index (χ1) is 6.74. The van der Waals surface area contributed by atoms with Crippen molar-refractivity contribution in [3.8, 4) is 0 Å². The van der Waals surface area contributed by atoms with Crippen molar-refractivity contribution in [2.75, 3.05) is 13.1 Å². The van der Waals surface area contributed by atoms with Gasteiger partial charge in [0.25, 0.3) is 0 Å². The highest BCUT2D eigenvalue weighted by Gasteiger charge is 2.09. The lowest BCUT2D eigenvalue weighted by molar-refractivity contribution is 0.408. The van der Waals surface area contributed by atoms with Crippen LogP contribution in [0.1, 0.15) is 19.5 Å². The smallest absolute Gasteiger partial charge is 0.0490 e. The Morgan fingerprint density at radius 2 is 2.36 bits per heavy atom. The van der Waals surface area contributed by atoms with Crippen LogP contribution in [0.2, 0.25) is 0 Å². The third-order valence-electron chi connectivity index (χ3n) is 2.42. The highest BCUT2D eigenvalue weighted by atomic mass is 15.1. The Kier molecular flexibility index (Phi) is 4.62. The minimum Gasteiger partial charge on any atom is -0.329 e. The van der Waals surface area contributed by atoms with Gasteiger partial charge in [-0.1, -0.05) is 13.8 Å². The third-order valence-corrected chi connectivity index (χ3v) is 2.42. The summed E-state index contributed by atoms with van der Waals surface area (Å²) in [5, 5.41) is 10.3. The zero-order valence-electron chi connectivity index (χ0n) is 8.96. The second-order valence-electron chi connectivity index (χ2n) is 3.87. The molecule has 0 aliphatic rings. The lowest BCUT2D eigenvalue weighted by atomic mass is 10.0. The van der Waals surface area contributed by atoms with Crippen molar-refractivity contribution >= 4 is 0 Å². The minimum atomic E-state index is 0.415. The van der Waals surface area contributed by atoms with Gasteiger partial charge < -0.3 is 11.1 Å². The van der Waals surface area contributed by atoms with Crippen LogP contribution in [0.5, 0.6) is 0 Å². The molecule has 1 unspecified atom stereocenters. The van der Waals surface area contributed by atoms with Gasteiger partial charge in [0.2, 0.25) is 0 Å². The number of H-pyrrole nitrogens is 1. The largest absolute Gasteiger partial charge is 0.329 e. The van der Waals surface area contributed by atoms with E-state index in [0.29, 0.717) is 18.5 Å². The predicted molar refractivity (Wildman–Crippen MR) is 58.0 cm³/mol. The van der Waals surface area contributed by atoms with Gasteiger partial charge in [-0.25, -0.2) is 0 Å². The van der Waals surface area contributed by atoms with Gasteiger partial charge in [-0.3, -0.25) is 5.10 Å². The molecule has 1 aromatic heterocycles. The summed E-state index contributed by atoms with van der Waals surface area (Å²) in [6.07, 6.45) is 2.75. The van der Waals surface area contributed by atoms with Crippen LogP contribution in [0.25, 0.3) is 0 Å². The molecule has 1 heterocycles. The maximum Gasteiger partial charge on any atom is 0.0490 e. The van der Waals surface area contributed by atoms with E-state index in [1.54, 1.807) is 6.20 Å². The van der Waals surface area contributed by atoms with Gasteiger partial charge in [0.1, 0.15) is 0 Å². The van der Waals surface area contributed by atoms with Gasteiger partial charge >= 0.3 is 0 Å². The number of nitrogens with two attached hydrogens (primary N) is 1. The molecular formula is C10H20N4. The Morgan fingerprint density at radius 3 is 2.86 bits per heavy atom. The number of nitrogens with zero attached hydrogens (tertiary/aromatic N) is 1. The first-order valence-electron chi connectivity index (χ1n) is 5.15. The number of rotatable bonds is 6. The fraction of sp³-hybridized carbons (Fsp3) is 0.700. The summed E-state index contributed by atoms with van der Waals surface area (Å²) < 4.78 is 0. The van der Waals surface area contributed by atoms with E-state index in [2.05, 4.69) is 29.4 Å². The van der Waals surface area contributed by atoms with Crippen molar-refractivity contribution in [2.45, 2.75) is 26.3 Å². The molecule has 0 spiro atoms. The molecule has 0 bridgehead atoms. The van der Waals surface area contributed by atoms with E-state index < -0.39 is 0 Å². The summed E-state index contributed by atoms with van der Waals surface area (Å²) in [5.74, 6) is 0.585. The first-order valence-corrected chi connectivity index (χ1v) is 5.15. The highest BCUT2D eigenvalue weighted by Crippen LogP contribution is 1.99. The van der Waals surface area contributed by atoms with E-state index in [4.69, 9.17) is 5.73 Å². The normalized spacial score (nSPS) is 13.4.